The Morgan fingerprint density at radius 1 is 1.22 bits per heavy atom. The summed E-state index contributed by atoms with van der Waals surface area (Å²) in [5.41, 5.74) is 1.79. The highest BCUT2D eigenvalue weighted by atomic mass is 32.1. The van der Waals surface area contributed by atoms with Crippen LogP contribution in [0.4, 0.5) is 0 Å². The van der Waals surface area contributed by atoms with Crippen LogP contribution in [0.15, 0.2) is 41.8 Å². The minimum atomic E-state index is -0.567. The predicted molar refractivity (Wildman–Crippen MR) is 111 cm³/mol. The van der Waals surface area contributed by atoms with Crippen molar-refractivity contribution in [2.24, 2.45) is 5.41 Å². The van der Waals surface area contributed by atoms with E-state index in [1.165, 1.54) is 16.0 Å². The van der Waals surface area contributed by atoms with E-state index in [9.17, 15) is 9.59 Å². The van der Waals surface area contributed by atoms with Crippen LogP contribution < -0.4 is 5.32 Å². The molecule has 1 aliphatic rings. The number of likely N-dealkylation sites (tertiary alicyclic amines) is 1. The van der Waals surface area contributed by atoms with Crippen LogP contribution in [-0.4, -0.2) is 35.8 Å². The van der Waals surface area contributed by atoms with Crippen LogP contribution in [0.2, 0.25) is 0 Å². The van der Waals surface area contributed by atoms with Crippen molar-refractivity contribution in [2.75, 3.05) is 13.1 Å². The molecule has 144 valence electrons. The highest BCUT2D eigenvalue weighted by molar-refractivity contribution is 7.13. The summed E-state index contributed by atoms with van der Waals surface area (Å²) in [4.78, 5) is 28.5. The van der Waals surface area contributed by atoms with Gasteiger partial charge in [0, 0.05) is 30.4 Å². The number of benzene rings is 1. The summed E-state index contributed by atoms with van der Waals surface area (Å²) in [6.07, 6.45) is 1.83. The van der Waals surface area contributed by atoms with Crippen LogP contribution in [0, 0.1) is 5.41 Å². The van der Waals surface area contributed by atoms with Crippen molar-refractivity contribution in [3.8, 4) is 10.4 Å². The van der Waals surface area contributed by atoms with Crippen LogP contribution in [0.25, 0.3) is 10.4 Å². The highest BCUT2D eigenvalue weighted by Crippen LogP contribution is 2.38. The fraction of sp³-hybridized carbons (Fsp3) is 0.455. The molecule has 27 heavy (non-hydrogen) atoms. The molecule has 4 nitrogen and oxygen atoms in total. The van der Waals surface area contributed by atoms with Crippen LogP contribution >= 0.6 is 11.3 Å². The normalized spacial score (nSPS) is 19.5. The standard InChI is InChI=1S/C22H28N2O2S/c1-4-20(25)24-12-11-22(15-24,21(26)23-16(2)3)14-17-8-5-6-9-18(17)19-10-7-13-27-19/h5-10,13,16H,4,11-12,14-15H2,1-3H3,(H,23,26)/t22-/m0/s1. The average molecular weight is 385 g/mol. The van der Waals surface area contributed by atoms with Crippen molar-refractivity contribution >= 4 is 23.2 Å². The van der Waals surface area contributed by atoms with Gasteiger partial charge in [-0.05, 0) is 49.3 Å². The summed E-state index contributed by atoms with van der Waals surface area (Å²) in [5, 5.41) is 5.18. The van der Waals surface area contributed by atoms with E-state index in [-0.39, 0.29) is 17.9 Å². The molecule has 0 radical (unpaired) electrons. The number of carbonyl (C=O) groups excluding carboxylic acids is 2. The maximum absolute atomic E-state index is 13.2. The molecular weight excluding hydrogens is 356 g/mol. The van der Waals surface area contributed by atoms with E-state index >= 15 is 0 Å². The van der Waals surface area contributed by atoms with Crippen molar-refractivity contribution in [2.45, 2.75) is 46.1 Å². The van der Waals surface area contributed by atoms with Gasteiger partial charge >= 0.3 is 0 Å². The third-order valence-electron chi connectivity index (χ3n) is 5.24. The molecule has 1 saturated heterocycles. The van der Waals surface area contributed by atoms with Crippen LogP contribution in [0.1, 0.15) is 39.2 Å². The van der Waals surface area contributed by atoms with Gasteiger partial charge in [0.15, 0.2) is 0 Å². The first-order valence-corrected chi connectivity index (χ1v) is 10.5. The SMILES string of the molecule is CCC(=O)N1CC[C@@](Cc2ccccc2-c2cccs2)(C(=O)NC(C)C)C1. The van der Waals surface area contributed by atoms with Crippen LogP contribution in [-0.2, 0) is 16.0 Å². The molecular formula is C22H28N2O2S. The predicted octanol–water partition coefficient (Wildman–Crippen LogP) is 4.11. The Hall–Kier alpha value is -2.14. The number of amides is 2. The maximum Gasteiger partial charge on any atom is 0.228 e. The first-order chi connectivity index (χ1) is 12.9. The van der Waals surface area contributed by atoms with Crippen LogP contribution in [0.5, 0.6) is 0 Å². The zero-order valence-corrected chi connectivity index (χ0v) is 17.1. The van der Waals surface area contributed by atoms with Crippen molar-refractivity contribution in [1.29, 1.82) is 0 Å². The molecule has 2 aromatic rings. The molecule has 0 saturated carbocycles. The van der Waals surface area contributed by atoms with Gasteiger partial charge in [0.1, 0.15) is 0 Å². The molecule has 1 aromatic carbocycles. The molecule has 1 N–H and O–H groups in total. The second-order valence-electron chi connectivity index (χ2n) is 7.64. The smallest absolute Gasteiger partial charge is 0.228 e. The van der Waals surface area contributed by atoms with Crippen molar-refractivity contribution in [3.05, 3.63) is 47.3 Å². The lowest BCUT2D eigenvalue weighted by Crippen LogP contribution is -2.47. The van der Waals surface area contributed by atoms with Gasteiger partial charge < -0.3 is 10.2 Å². The number of hydrogen-bond acceptors (Lipinski definition) is 3. The Labute approximate surface area is 165 Å². The third kappa shape index (κ3) is 4.24. The molecule has 1 aromatic heterocycles. The number of nitrogens with zero attached hydrogens (tertiary/aromatic N) is 1. The first-order valence-electron chi connectivity index (χ1n) is 9.66. The Morgan fingerprint density at radius 2 is 2.00 bits per heavy atom. The molecule has 5 heteroatoms. The quantitative estimate of drug-likeness (QED) is 0.815. The zero-order chi connectivity index (χ0) is 19.4. The number of hydrogen-bond donors (Lipinski definition) is 1. The van der Waals surface area contributed by atoms with Gasteiger partial charge in [-0.3, -0.25) is 9.59 Å². The largest absolute Gasteiger partial charge is 0.353 e. The fourth-order valence-corrected chi connectivity index (χ4v) is 4.63. The van der Waals surface area contributed by atoms with Gasteiger partial charge in [0.2, 0.25) is 11.8 Å². The van der Waals surface area contributed by atoms with Gasteiger partial charge in [-0.25, -0.2) is 0 Å². The number of rotatable bonds is 6. The monoisotopic (exact) mass is 384 g/mol. The van der Waals surface area contributed by atoms with Crippen molar-refractivity contribution in [3.63, 3.8) is 0 Å². The Bertz CT molecular complexity index is 800. The summed E-state index contributed by atoms with van der Waals surface area (Å²) in [6, 6.07) is 12.6. The van der Waals surface area contributed by atoms with Gasteiger partial charge in [-0.15, -0.1) is 11.3 Å². The Balaban J connectivity index is 1.94. The van der Waals surface area contributed by atoms with E-state index in [1.807, 2.05) is 37.8 Å². The first kappa shape index (κ1) is 19.6. The highest BCUT2D eigenvalue weighted by Gasteiger charge is 2.46. The molecule has 2 amide bonds. The van der Waals surface area contributed by atoms with E-state index in [4.69, 9.17) is 0 Å². The lowest BCUT2D eigenvalue weighted by Gasteiger charge is -2.30. The third-order valence-corrected chi connectivity index (χ3v) is 6.15. The summed E-state index contributed by atoms with van der Waals surface area (Å²) in [5.74, 6) is 0.186. The summed E-state index contributed by atoms with van der Waals surface area (Å²) < 4.78 is 0. The minimum Gasteiger partial charge on any atom is -0.353 e. The van der Waals surface area contributed by atoms with Crippen LogP contribution in [0.3, 0.4) is 0 Å². The fourth-order valence-electron chi connectivity index (χ4n) is 3.85. The van der Waals surface area contributed by atoms with E-state index in [0.29, 0.717) is 32.4 Å². The zero-order valence-electron chi connectivity index (χ0n) is 16.3. The number of carbonyl (C=O) groups is 2. The summed E-state index contributed by atoms with van der Waals surface area (Å²) in [7, 11) is 0. The maximum atomic E-state index is 13.2. The van der Waals surface area contributed by atoms with E-state index < -0.39 is 5.41 Å². The molecule has 3 rings (SSSR count). The molecule has 1 atom stereocenters. The van der Waals surface area contributed by atoms with E-state index in [0.717, 1.165) is 0 Å². The molecule has 0 bridgehead atoms. The molecule has 2 heterocycles. The topological polar surface area (TPSA) is 49.4 Å². The van der Waals surface area contributed by atoms with Gasteiger partial charge in [-0.1, -0.05) is 37.3 Å². The summed E-state index contributed by atoms with van der Waals surface area (Å²) >= 11 is 1.71. The Morgan fingerprint density at radius 3 is 2.67 bits per heavy atom. The summed E-state index contributed by atoms with van der Waals surface area (Å²) in [6.45, 7) is 6.99. The van der Waals surface area contributed by atoms with Gasteiger partial charge in [-0.2, -0.15) is 0 Å². The van der Waals surface area contributed by atoms with E-state index in [2.05, 4.69) is 35.0 Å². The second kappa shape index (κ2) is 8.26. The molecule has 0 unspecified atom stereocenters. The molecule has 1 fully saturated rings. The molecule has 1 aliphatic heterocycles. The van der Waals surface area contributed by atoms with Crippen molar-refractivity contribution < 1.29 is 9.59 Å². The Kier molecular flexibility index (Phi) is 6.00. The molecule has 0 spiro atoms. The van der Waals surface area contributed by atoms with Gasteiger partial charge in [0.25, 0.3) is 0 Å². The minimum absolute atomic E-state index is 0.0601. The lowest BCUT2D eigenvalue weighted by molar-refractivity contribution is -0.133. The number of thiophene rings is 1. The second-order valence-corrected chi connectivity index (χ2v) is 8.59. The average Bonchev–Trinajstić information content (AvgIpc) is 3.32. The lowest BCUT2D eigenvalue weighted by atomic mass is 9.78. The number of nitrogens with one attached hydrogen (secondary N) is 1. The van der Waals surface area contributed by atoms with E-state index in [1.54, 1.807) is 11.3 Å². The molecule has 0 aliphatic carbocycles. The van der Waals surface area contributed by atoms with Crippen molar-refractivity contribution in [1.82, 2.24) is 10.2 Å². The van der Waals surface area contributed by atoms with Gasteiger partial charge in [0.05, 0.1) is 5.41 Å².